The van der Waals surface area contributed by atoms with Crippen LogP contribution in [-0.4, -0.2) is 8.76 Å². The molecule has 0 fully saturated rings. The van der Waals surface area contributed by atoms with Crippen LogP contribution in [0.25, 0.3) is 0 Å². The number of nitrogen functional groups attached to an aromatic ring is 1. The van der Waals surface area contributed by atoms with Gasteiger partial charge in [-0.15, -0.1) is 0 Å². The fourth-order valence-electron chi connectivity index (χ4n) is 0.632. The average Bonchev–Trinajstić information content (AvgIpc) is 1.88. The van der Waals surface area contributed by atoms with Crippen molar-refractivity contribution in [2.24, 2.45) is 0 Å². The maximum atomic E-state index is 10.3. The van der Waals surface area contributed by atoms with Crippen LogP contribution >= 0.6 is 0 Å². The molecule has 0 aliphatic heterocycles. The molecule has 0 saturated heterocycles. The SMILES string of the molecule is Nc1ccccc1S(=O)[O-].[Na+]. The minimum absolute atomic E-state index is 0. The molecule has 1 aromatic rings. The first-order valence-corrected chi connectivity index (χ1v) is 3.73. The average molecular weight is 179 g/mol. The van der Waals surface area contributed by atoms with E-state index >= 15 is 0 Å². The van der Waals surface area contributed by atoms with Crippen LogP contribution in [-0.2, 0) is 11.1 Å². The summed E-state index contributed by atoms with van der Waals surface area (Å²) in [5.41, 5.74) is 5.62. The summed E-state index contributed by atoms with van der Waals surface area (Å²) in [5.74, 6) is 0. The van der Waals surface area contributed by atoms with Gasteiger partial charge in [0.2, 0.25) is 0 Å². The maximum absolute atomic E-state index is 10.3. The quantitative estimate of drug-likeness (QED) is 0.295. The van der Waals surface area contributed by atoms with Gasteiger partial charge in [-0.2, -0.15) is 0 Å². The van der Waals surface area contributed by atoms with Gasteiger partial charge < -0.3 is 10.3 Å². The molecule has 0 radical (unpaired) electrons. The summed E-state index contributed by atoms with van der Waals surface area (Å²) < 4.78 is 20.7. The fourth-order valence-corrected chi connectivity index (χ4v) is 1.08. The normalized spacial score (nSPS) is 11.7. The van der Waals surface area contributed by atoms with E-state index in [1.807, 2.05) is 0 Å². The van der Waals surface area contributed by atoms with Crippen LogP contribution in [0.3, 0.4) is 0 Å². The summed E-state index contributed by atoms with van der Waals surface area (Å²) in [4.78, 5) is 0.155. The van der Waals surface area contributed by atoms with Crippen LogP contribution in [0.4, 0.5) is 5.69 Å². The predicted octanol–water partition coefficient (Wildman–Crippen LogP) is -2.49. The minimum Gasteiger partial charge on any atom is -0.768 e. The third-order valence-electron chi connectivity index (χ3n) is 1.10. The Kier molecular flexibility index (Phi) is 4.96. The second kappa shape index (κ2) is 4.90. The van der Waals surface area contributed by atoms with Gasteiger partial charge in [0.15, 0.2) is 0 Å². The number of hydrogen-bond donors (Lipinski definition) is 1. The summed E-state index contributed by atoms with van der Waals surface area (Å²) in [5, 5.41) is 0. The van der Waals surface area contributed by atoms with E-state index in [1.165, 1.54) is 6.07 Å². The van der Waals surface area contributed by atoms with Gasteiger partial charge in [-0.25, -0.2) is 0 Å². The molecule has 1 atom stereocenters. The first kappa shape index (κ1) is 11.1. The van der Waals surface area contributed by atoms with Gasteiger partial charge in [0, 0.05) is 10.6 Å². The van der Waals surface area contributed by atoms with Gasteiger partial charge in [0.1, 0.15) is 0 Å². The Morgan fingerprint density at radius 1 is 1.36 bits per heavy atom. The molecule has 1 unspecified atom stereocenters. The molecule has 0 aromatic heterocycles. The molecule has 3 nitrogen and oxygen atoms in total. The molecule has 0 heterocycles. The molecule has 1 rings (SSSR count). The first-order chi connectivity index (χ1) is 4.72. The van der Waals surface area contributed by atoms with Crippen molar-refractivity contribution < 1.29 is 38.3 Å². The van der Waals surface area contributed by atoms with E-state index in [9.17, 15) is 8.76 Å². The standard InChI is InChI=1S/C6H7NO2S.Na/c7-5-3-1-2-4-6(5)10(8)9;/h1-4H,7H2,(H,8,9);/q;+1/p-1. The summed E-state index contributed by atoms with van der Waals surface area (Å²) in [6, 6.07) is 6.32. The van der Waals surface area contributed by atoms with Crippen molar-refractivity contribution >= 4 is 16.8 Å². The van der Waals surface area contributed by atoms with Gasteiger partial charge in [-0.1, -0.05) is 12.1 Å². The molecule has 0 aliphatic carbocycles. The molecule has 5 heteroatoms. The second-order valence-electron chi connectivity index (χ2n) is 1.77. The van der Waals surface area contributed by atoms with Crippen molar-refractivity contribution in [1.82, 2.24) is 0 Å². The van der Waals surface area contributed by atoms with Crippen molar-refractivity contribution in [3.8, 4) is 0 Å². The van der Waals surface area contributed by atoms with E-state index < -0.39 is 11.1 Å². The summed E-state index contributed by atoms with van der Waals surface area (Å²) >= 11 is -2.22. The van der Waals surface area contributed by atoms with Gasteiger partial charge in [0.05, 0.1) is 0 Å². The number of benzene rings is 1. The van der Waals surface area contributed by atoms with Crippen LogP contribution in [0, 0.1) is 0 Å². The smallest absolute Gasteiger partial charge is 0.768 e. The van der Waals surface area contributed by atoms with Crippen LogP contribution in [0.5, 0.6) is 0 Å². The zero-order chi connectivity index (χ0) is 7.56. The van der Waals surface area contributed by atoms with E-state index in [0.29, 0.717) is 0 Å². The zero-order valence-electron chi connectivity index (χ0n) is 6.11. The predicted molar refractivity (Wildman–Crippen MR) is 38.0 cm³/mol. The molecule has 0 bridgehead atoms. The number of rotatable bonds is 1. The Hall–Kier alpha value is 0.130. The molecule has 54 valence electrons. The maximum Gasteiger partial charge on any atom is 1.00 e. The van der Waals surface area contributed by atoms with E-state index in [4.69, 9.17) is 5.73 Å². The van der Waals surface area contributed by atoms with Crippen molar-refractivity contribution in [2.75, 3.05) is 5.73 Å². The molecule has 2 N–H and O–H groups in total. The Balaban J connectivity index is 0.000001000. The monoisotopic (exact) mass is 179 g/mol. The Bertz CT molecular complexity index is 267. The van der Waals surface area contributed by atoms with Crippen LogP contribution in [0.15, 0.2) is 29.2 Å². The number of hydrogen-bond acceptors (Lipinski definition) is 3. The molecule has 0 spiro atoms. The molecule has 0 aliphatic rings. The van der Waals surface area contributed by atoms with Gasteiger partial charge in [-0.05, 0) is 23.2 Å². The van der Waals surface area contributed by atoms with Gasteiger partial charge in [0.25, 0.3) is 0 Å². The van der Waals surface area contributed by atoms with E-state index in [2.05, 4.69) is 0 Å². The van der Waals surface area contributed by atoms with Crippen molar-refractivity contribution in [2.45, 2.75) is 4.90 Å². The van der Waals surface area contributed by atoms with Crippen LogP contribution in [0.2, 0.25) is 0 Å². The summed E-state index contributed by atoms with van der Waals surface area (Å²) in [6.45, 7) is 0. The Morgan fingerprint density at radius 3 is 2.27 bits per heavy atom. The number of nitrogens with two attached hydrogens (primary N) is 1. The molecule has 0 amide bonds. The zero-order valence-corrected chi connectivity index (χ0v) is 8.93. The van der Waals surface area contributed by atoms with Crippen LogP contribution in [0.1, 0.15) is 0 Å². The van der Waals surface area contributed by atoms with Gasteiger partial charge in [-0.3, -0.25) is 4.21 Å². The molecule has 1 aromatic carbocycles. The second-order valence-corrected chi connectivity index (χ2v) is 2.68. The molecular weight excluding hydrogens is 173 g/mol. The third kappa shape index (κ3) is 2.92. The largest absolute Gasteiger partial charge is 1.00 e. The third-order valence-corrected chi connectivity index (χ3v) is 1.83. The molecule has 0 saturated carbocycles. The molecular formula is C6H6NNaO2S. The fraction of sp³-hybridized carbons (Fsp3) is 0. The number of anilines is 1. The van der Waals surface area contributed by atoms with E-state index in [-0.39, 0.29) is 40.1 Å². The van der Waals surface area contributed by atoms with Crippen molar-refractivity contribution in [3.63, 3.8) is 0 Å². The van der Waals surface area contributed by atoms with Crippen molar-refractivity contribution in [3.05, 3.63) is 24.3 Å². The Labute approximate surface area is 89.6 Å². The summed E-state index contributed by atoms with van der Waals surface area (Å²) in [7, 11) is 0. The Morgan fingerprint density at radius 2 is 1.91 bits per heavy atom. The van der Waals surface area contributed by atoms with Gasteiger partial charge >= 0.3 is 29.6 Å². The van der Waals surface area contributed by atoms with E-state index in [0.717, 1.165) is 0 Å². The van der Waals surface area contributed by atoms with Crippen LogP contribution < -0.4 is 35.3 Å². The molecule has 11 heavy (non-hydrogen) atoms. The minimum atomic E-state index is -2.22. The van der Waals surface area contributed by atoms with E-state index in [1.54, 1.807) is 18.2 Å². The first-order valence-electron chi connectivity index (χ1n) is 2.65. The van der Waals surface area contributed by atoms with Crippen molar-refractivity contribution in [1.29, 1.82) is 0 Å². The topological polar surface area (TPSA) is 66.2 Å². The number of para-hydroxylation sites is 1. The summed E-state index contributed by atoms with van der Waals surface area (Å²) in [6.07, 6.45) is 0.